The highest BCUT2D eigenvalue weighted by atomic mass is 16.2. The van der Waals surface area contributed by atoms with E-state index in [1.54, 1.807) is 18.5 Å². The number of rotatable bonds is 6. The van der Waals surface area contributed by atoms with Crippen LogP contribution in [0.5, 0.6) is 0 Å². The molecule has 3 rings (SSSR count). The average molecular weight is 337 g/mol. The molecule has 0 saturated heterocycles. The molecule has 1 amide bonds. The fourth-order valence-corrected chi connectivity index (χ4v) is 2.61. The van der Waals surface area contributed by atoms with Gasteiger partial charge in [-0.25, -0.2) is 9.97 Å². The number of carbonyl (C=O) groups excluding carboxylic acids is 1. The summed E-state index contributed by atoms with van der Waals surface area (Å²) < 4.78 is 0. The minimum Gasteiger partial charge on any atom is -0.357 e. The molecule has 8 heteroatoms. The van der Waals surface area contributed by atoms with E-state index < -0.39 is 0 Å². The molecule has 128 valence electrons. The Kier molecular flexibility index (Phi) is 4.72. The standard InChI is InChI=1S/C17H15N7O.2H2/c18-4-1-7-24(8-2-5-19)17(25)14-9-12(10-21-14)15-13-3-6-20-16(13)23-11-22-15;;/h3,6,9-11,21H,1-2,7-8H2,(H,20,22,23);2*1H. The van der Waals surface area contributed by atoms with Crippen LogP contribution in [0.1, 0.15) is 26.2 Å². The van der Waals surface area contributed by atoms with Crippen molar-refractivity contribution in [2.75, 3.05) is 13.1 Å². The largest absolute Gasteiger partial charge is 0.357 e. The molecule has 0 aromatic carbocycles. The van der Waals surface area contributed by atoms with E-state index in [4.69, 9.17) is 10.5 Å². The molecule has 3 aromatic heterocycles. The van der Waals surface area contributed by atoms with Crippen molar-refractivity contribution in [3.05, 3.63) is 36.5 Å². The number of nitrogens with one attached hydrogen (secondary N) is 2. The van der Waals surface area contributed by atoms with Gasteiger partial charge in [0.2, 0.25) is 0 Å². The summed E-state index contributed by atoms with van der Waals surface area (Å²) >= 11 is 0. The van der Waals surface area contributed by atoms with Gasteiger partial charge in [-0.15, -0.1) is 0 Å². The van der Waals surface area contributed by atoms with E-state index in [1.165, 1.54) is 11.2 Å². The zero-order valence-electron chi connectivity index (χ0n) is 13.4. The fourth-order valence-electron chi connectivity index (χ4n) is 2.61. The van der Waals surface area contributed by atoms with Gasteiger partial charge in [0, 0.05) is 39.3 Å². The monoisotopic (exact) mass is 337 g/mol. The van der Waals surface area contributed by atoms with Crippen LogP contribution in [-0.4, -0.2) is 43.8 Å². The molecule has 0 aliphatic rings. The molecule has 0 unspecified atom stereocenters. The van der Waals surface area contributed by atoms with Gasteiger partial charge in [0.05, 0.1) is 30.7 Å². The quantitative estimate of drug-likeness (QED) is 0.715. The lowest BCUT2D eigenvalue weighted by molar-refractivity contribution is 0.0757. The molecule has 0 bridgehead atoms. The van der Waals surface area contributed by atoms with Gasteiger partial charge in [-0.3, -0.25) is 4.79 Å². The number of nitriles is 2. The first-order chi connectivity index (χ1) is 12.2. The third-order valence-electron chi connectivity index (χ3n) is 3.82. The maximum absolute atomic E-state index is 12.7. The van der Waals surface area contributed by atoms with E-state index in [9.17, 15) is 4.79 Å². The highest BCUT2D eigenvalue weighted by Gasteiger charge is 2.18. The van der Waals surface area contributed by atoms with Gasteiger partial charge in [0.15, 0.2) is 0 Å². The second kappa shape index (κ2) is 7.28. The maximum atomic E-state index is 12.7. The summed E-state index contributed by atoms with van der Waals surface area (Å²) in [4.78, 5) is 28.6. The minimum atomic E-state index is -0.240. The van der Waals surface area contributed by atoms with Crippen molar-refractivity contribution in [2.45, 2.75) is 12.8 Å². The molecular formula is C17H19N7O. The number of fused-ring (bicyclic) bond motifs is 1. The first-order valence-corrected chi connectivity index (χ1v) is 7.74. The summed E-state index contributed by atoms with van der Waals surface area (Å²) in [6, 6.07) is 7.65. The van der Waals surface area contributed by atoms with Gasteiger partial charge >= 0.3 is 0 Å². The molecule has 0 fully saturated rings. The fraction of sp³-hybridized carbons (Fsp3) is 0.235. The Bertz CT molecular complexity index is 965. The van der Waals surface area contributed by atoms with E-state index in [2.05, 4.69) is 19.9 Å². The van der Waals surface area contributed by atoms with Gasteiger partial charge in [0.1, 0.15) is 17.7 Å². The smallest absolute Gasteiger partial charge is 0.270 e. The lowest BCUT2D eigenvalue weighted by Crippen LogP contribution is -2.33. The number of aromatic amines is 2. The lowest BCUT2D eigenvalue weighted by Gasteiger charge is -2.19. The van der Waals surface area contributed by atoms with Gasteiger partial charge in [-0.1, -0.05) is 0 Å². The highest BCUT2D eigenvalue weighted by Crippen LogP contribution is 2.25. The van der Waals surface area contributed by atoms with Crippen molar-refractivity contribution in [1.82, 2.24) is 24.8 Å². The van der Waals surface area contributed by atoms with Crippen LogP contribution in [0.2, 0.25) is 0 Å². The molecule has 2 N–H and O–H groups in total. The van der Waals surface area contributed by atoms with Gasteiger partial charge in [-0.05, 0) is 12.1 Å². The van der Waals surface area contributed by atoms with Crippen LogP contribution < -0.4 is 0 Å². The van der Waals surface area contributed by atoms with Crippen molar-refractivity contribution in [2.24, 2.45) is 0 Å². The van der Waals surface area contributed by atoms with Gasteiger partial charge < -0.3 is 14.9 Å². The molecule has 0 aliphatic carbocycles. The van der Waals surface area contributed by atoms with Gasteiger partial charge in [0.25, 0.3) is 5.91 Å². The Morgan fingerprint density at radius 1 is 1.20 bits per heavy atom. The number of aromatic nitrogens is 4. The molecular weight excluding hydrogens is 318 g/mol. The minimum absolute atomic E-state index is 0. The summed E-state index contributed by atoms with van der Waals surface area (Å²) in [6.07, 6.45) is 5.41. The molecule has 0 aliphatic heterocycles. The van der Waals surface area contributed by atoms with Crippen LogP contribution in [0, 0.1) is 22.7 Å². The molecule has 8 nitrogen and oxygen atoms in total. The molecule has 3 heterocycles. The SMILES string of the molecule is N#CCCN(CCC#N)C(=O)c1cc(-c2ncnc3[nH]ccc23)c[nH]1.[HH].[HH]. The summed E-state index contributed by atoms with van der Waals surface area (Å²) in [5, 5.41) is 18.4. The summed E-state index contributed by atoms with van der Waals surface area (Å²) in [5.41, 5.74) is 2.62. The topological polar surface area (TPSA) is 125 Å². The zero-order valence-corrected chi connectivity index (χ0v) is 13.4. The van der Waals surface area contributed by atoms with Crippen LogP contribution in [0.15, 0.2) is 30.9 Å². The van der Waals surface area contributed by atoms with Crippen molar-refractivity contribution in [3.63, 3.8) is 0 Å². The lowest BCUT2D eigenvalue weighted by atomic mass is 10.1. The van der Waals surface area contributed by atoms with Gasteiger partial charge in [-0.2, -0.15) is 10.5 Å². The Morgan fingerprint density at radius 3 is 2.68 bits per heavy atom. The predicted octanol–water partition coefficient (Wildman–Crippen LogP) is 2.71. The van der Waals surface area contributed by atoms with Crippen molar-refractivity contribution < 1.29 is 7.65 Å². The Morgan fingerprint density at radius 2 is 1.96 bits per heavy atom. The Labute approximate surface area is 146 Å². The zero-order chi connectivity index (χ0) is 17.6. The number of amides is 1. The first-order valence-electron chi connectivity index (χ1n) is 7.74. The third kappa shape index (κ3) is 3.33. The van der Waals surface area contributed by atoms with E-state index in [0.717, 1.165) is 22.3 Å². The molecule has 3 aromatic rings. The van der Waals surface area contributed by atoms with Crippen LogP contribution in [0.4, 0.5) is 0 Å². The van der Waals surface area contributed by atoms with Crippen molar-refractivity contribution in [3.8, 4) is 23.4 Å². The molecule has 25 heavy (non-hydrogen) atoms. The van der Waals surface area contributed by atoms with E-state index in [-0.39, 0.29) is 21.6 Å². The summed E-state index contributed by atoms with van der Waals surface area (Å²) in [5.74, 6) is -0.240. The molecule has 0 saturated carbocycles. The highest BCUT2D eigenvalue weighted by molar-refractivity contribution is 5.96. The van der Waals surface area contributed by atoms with E-state index in [1.807, 2.05) is 18.2 Å². The van der Waals surface area contributed by atoms with Crippen LogP contribution in [0.25, 0.3) is 22.3 Å². The number of hydrogen-bond donors (Lipinski definition) is 2. The maximum Gasteiger partial charge on any atom is 0.270 e. The molecule has 0 atom stereocenters. The number of nitrogens with zero attached hydrogens (tertiary/aromatic N) is 5. The van der Waals surface area contributed by atoms with Crippen LogP contribution in [0.3, 0.4) is 0 Å². The van der Waals surface area contributed by atoms with E-state index in [0.29, 0.717) is 18.8 Å². The molecule has 0 radical (unpaired) electrons. The second-order valence-corrected chi connectivity index (χ2v) is 5.37. The second-order valence-electron chi connectivity index (χ2n) is 5.37. The molecule has 0 spiro atoms. The Balaban J connectivity index is 0.00000182. The predicted molar refractivity (Wildman–Crippen MR) is 94.3 cm³/mol. The van der Waals surface area contributed by atoms with Crippen LogP contribution in [-0.2, 0) is 0 Å². The summed E-state index contributed by atoms with van der Waals surface area (Å²) in [6.45, 7) is 0.585. The number of carbonyl (C=O) groups is 1. The van der Waals surface area contributed by atoms with E-state index >= 15 is 0 Å². The number of hydrogen-bond acceptors (Lipinski definition) is 5. The Hall–Kier alpha value is -3.65. The van der Waals surface area contributed by atoms with Crippen molar-refractivity contribution >= 4 is 16.9 Å². The average Bonchev–Trinajstić information content (AvgIpc) is 3.30. The van der Waals surface area contributed by atoms with Crippen molar-refractivity contribution in [1.29, 1.82) is 10.5 Å². The number of H-pyrrole nitrogens is 2. The van der Waals surface area contributed by atoms with Crippen LogP contribution >= 0.6 is 0 Å². The third-order valence-corrected chi connectivity index (χ3v) is 3.82. The normalized spacial score (nSPS) is 10.3. The first kappa shape index (κ1) is 16.2. The summed E-state index contributed by atoms with van der Waals surface area (Å²) in [7, 11) is 0.